The number of hydrogen-bond acceptors (Lipinski definition) is 4. The summed E-state index contributed by atoms with van der Waals surface area (Å²) in [6.45, 7) is 6.89. The topological polar surface area (TPSA) is 61.7 Å². The zero-order chi connectivity index (χ0) is 13.6. The van der Waals surface area contributed by atoms with E-state index in [4.69, 9.17) is 4.74 Å². The van der Waals surface area contributed by atoms with E-state index in [1.807, 2.05) is 20.8 Å². The first-order valence-corrected chi connectivity index (χ1v) is 7.05. The van der Waals surface area contributed by atoms with Crippen molar-refractivity contribution in [2.24, 2.45) is 0 Å². The Morgan fingerprint density at radius 1 is 1.22 bits per heavy atom. The second-order valence-corrected chi connectivity index (χ2v) is 6.46. The Kier molecular flexibility index (Phi) is 6.05. The van der Waals surface area contributed by atoms with Gasteiger partial charge in [-0.05, 0) is 33.6 Å². The number of nitrogens with one attached hydrogen (secondary N) is 1. The zero-order valence-electron chi connectivity index (χ0n) is 12.0. The molecule has 1 saturated carbocycles. The second-order valence-electron chi connectivity index (χ2n) is 6.46. The number of aliphatic hydroxyl groups excluding tert-OH is 2. The van der Waals surface area contributed by atoms with E-state index in [1.54, 1.807) is 0 Å². The summed E-state index contributed by atoms with van der Waals surface area (Å²) in [6.07, 6.45) is 5.03. The molecule has 1 aliphatic rings. The molecule has 1 aliphatic carbocycles. The van der Waals surface area contributed by atoms with Crippen LogP contribution in [0.2, 0.25) is 0 Å². The van der Waals surface area contributed by atoms with Crippen molar-refractivity contribution < 1.29 is 14.9 Å². The molecule has 0 aromatic carbocycles. The zero-order valence-corrected chi connectivity index (χ0v) is 12.0. The molecule has 0 spiro atoms. The third-order valence-corrected chi connectivity index (χ3v) is 3.53. The number of β-amino-alcohol motifs (C(OH)–C–C–N with tert-alkyl or cyclic N) is 1. The fourth-order valence-electron chi connectivity index (χ4n) is 2.36. The van der Waals surface area contributed by atoms with E-state index in [0.29, 0.717) is 13.2 Å². The summed E-state index contributed by atoms with van der Waals surface area (Å²) in [4.78, 5) is 0. The van der Waals surface area contributed by atoms with Gasteiger partial charge in [-0.25, -0.2) is 0 Å². The summed E-state index contributed by atoms with van der Waals surface area (Å²) in [5, 5.41) is 22.8. The molecule has 108 valence electrons. The van der Waals surface area contributed by atoms with Crippen LogP contribution < -0.4 is 5.32 Å². The molecule has 0 bridgehead atoms. The molecule has 18 heavy (non-hydrogen) atoms. The third-order valence-electron chi connectivity index (χ3n) is 3.53. The Balaban J connectivity index is 2.29. The Hall–Kier alpha value is -0.160. The lowest BCUT2D eigenvalue weighted by molar-refractivity contribution is -0.0508. The fourth-order valence-corrected chi connectivity index (χ4v) is 2.36. The minimum atomic E-state index is -0.519. The summed E-state index contributed by atoms with van der Waals surface area (Å²) >= 11 is 0. The molecule has 0 aliphatic heterocycles. The fraction of sp³-hybridized carbons (Fsp3) is 1.00. The van der Waals surface area contributed by atoms with E-state index in [0.717, 1.165) is 25.7 Å². The lowest BCUT2D eigenvalue weighted by atomic mass is 9.82. The molecule has 0 saturated heterocycles. The second kappa shape index (κ2) is 6.85. The van der Waals surface area contributed by atoms with E-state index in [1.165, 1.54) is 6.42 Å². The minimum Gasteiger partial charge on any atom is -0.394 e. The van der Waals surface area contributed by atoms with E-state index in [2.05, 4.69) is 5.32 Å². The van der Waals surface area contributed by atoms with E-state index in [9.17, 15) is 10.2 Å². The predicted molar refractivity (Wildman–Crippen MR) is 72.6 cm³/mol. The van der Waals surface area contributed by atoms with Gasteiger partial charge in [-0.2, -0.15) is 0 Å². The quantitative estimate of drug-likeness (QED) is 0.675. The third kappa shape index (κ3) is 5.65. The maximum absolute atomic E-state index is 9.88. The smallest absolute Gasteiger partial charge is 0.0898 e. The van der Waals surface area contributed by atoms with Crippen molar-refractivity contribution in [1.82, 2.24) is 5.32 Å². The molecule has 0 aromatic heterocycles. The molecule has 1 atom stereocenters. The first kappa shape index (κ1) is 15.9. The van der Waals surface area contributed by atoms with Gasteiger partial charge >= 0.3 is 0 Å². The molecule has 0 aromatic rings. The summed E-state index contributed by atoms with van der Waals surface area (Å²) in [5.41, 5.74) is -0.401. The molecule has 4 heteroatoms. The lowest BCUT2D eigenvalue weighted by Crippen LogP contribution is -2.52. The van der Waals surface area contributed by atoms with Crippen molar-refractivity contribution >= 4 is 0 Å². The molecule has 3 N–H and O–H groups in total. The maximum Gasteiger partial charge on any atom is 0.0898 e. The Morgan fingerprint density at radius 2 is 1.83 bits per heavy atom. The molecular formula is C14H29NO3. The maximum atomic E-state index is 9.88. The molecule has 1 fully saturated rings. The SMILES string of the molecule is CC(C)(C)OCC(O)CNC1(CO)CCCCC1. The molecule has 1 unspecified atom stereocenters. The van der Waals surface area contributed by atoms with Crippen LogP contribution in [0.3, 0.4) is 0 Å². The van der Waals surface area contributed by atoms with Gasteiger partial charge in [-0.1, -0.05) is 19.3 Å². The van der Waals surface area contributed by atoms with Crippen LogP contribution in [0.15, 0.2) is 0 Å². The highest BCUT2D eigenvalue weighted by Crippen LogP contribution is 2.27. The van der Waals surface area contributed by atoms with Gasteiger partial charge in [0.1, 0.15) is 0 Å². The van der Waals surface area contributed by atoms with Crippen molar-refractivity contribution in [3.63, 3.8) is 0 Å². The van der Waals surface area contributed by atoms with Crippen molar-refractivity contribution in [3.05, 3.63) is 0 Å². The lowest BCUT2D eigenvalue weighted by Gasteiger charge is -2.37. The van der Waals surface area contributed by atoms with Crippen LogP contribution in [0.1, 0.15) is 52.9 Å². The van der Waals surface area contributed by atoms with Crippen molar-refractivity contribution in [3.8, 4) is 0 Å². The minimum absolute atomic E-state index is 0.153. The van der Waals surface area contributed by atoms with Crippen LogP contribution in [0, 0.1) is 0 Å². The summed E-state index contributed by atoms with van der Waals surface area (Å²) in [6, 6.07) is 0. The van der Waals surface area contributed by atoms with Crippen LogP contribution >= 0.6 is 0 Å². The molecule has 0 radical (unpaired) electrons. The molecule has 1 rings (SSSR count). The number of hydrogen-bond donors (Lipinski definition) is 3. The molecule has 0 heterocycles. The highest BCUT2D eigenvalue weighted by molar-refractivity contribution is 4.90. The van der Waals surface area contributed by atoms with Crippen molar-refractivity contribution in [1.29, 1.82) is 0 Å². The van der Waals surface area contributed by atoms with Gasteiger partial charge in [-0.3, -0.25) is 0 Å². The normalized spacial score (nSPS) is 21.8. The van der Waals surface area contributed by atoms with Crippen LogP contribution in [-0.4, -0.2) is 47.2 Å². The van der Waals surface area contributed by atoms with Gasteiger partial charge < -0.3 is 20.3 Å². The Bertz CT molecular complexity index is 232. The van der Waals surface area contributed by atoms with Crippen molar-refractivity contribution in [2.45, 2.75) is 70.1 Å². The van der Waals surface area contributed by atoms with Crippen LogP contribution in [0.4, 0.5) is 0 Å². The summed E-state index contributed by atoms with van der Waals surface area (Å²) in [5.74, 6) is 0. The predicted octanol–water partition coefficient (Wildman–Crippen LogP) is 1.45. The van der Waals surface area contributed by atoms with Gasteiger partial charge in [0.05, 0.1) is 24.9 Å². The number of rotatable bonds is 6. The summed E-state index contributed by atoms with van der Waals surface area (Å²) in [7, 11) is 0. The first-order chi connectivity index (χ1) is 8.37. The van der Waals surface area contributed by atoms with Gasteiger partial charge in [0.15, 0.2) is 0 Å². The number of ether oxygens (including phenoxy) is 1. The largest absolute Gasteiger partial charge is 0.394 e. The van der Waals surface area contributed by atoms with E-state index in [-0.39, 0.29) is 17.7 Å². The van der Waals surface area contributed by atoms with Crippen molar-refractivity contribution in [2.75, 3.05) is 19.8 Å². The average molecular weight is 259 g/mol. The monoisotopic (exact) mass is 259 g/mol. The van der Waals surface area contributed by atoms with Gasteiger partial charge in [0, 0.05) is 12.1 Å². The Labute approximate surface area is 111 Å². The van der Waals surface area contributed by atoms with E-state index < -0.39 is 6.10 Å². The average Bonchev–Trinajstić information content (AvgIpc) is 2.34. The van der Waals surface area contributed by atoms with E-state index >= 15 is 0 Å². The molecule has 0 amide bonds. The number of aliphatic hydroxyl groups is 2. The Morgan fingerprint density at radius 3 is 2.33 bits per heavy atom. The van der Waals surface area contributed by atoms with Crippen LogP contribution in [0.25, 0.3) is 0 Å². The van der Waals surface area contributed by atoms with Crippen LogP contribution in [-0.2, 0) is 4.74 Å². The van der Waals surface area contributed by atoms with Gasteiger partial charge in [-0.15, -0.1) is 0 Å². The van der Waals surface area contributed by atoms with Crippen LogP contribution in [0.5, 0.6) is 0 Å². The summed E-state index contributed by atoms with van der Waals surface area (Å²) < 4.78 is 5.55. The molecule has 4 nitrogen and oxygen atoms in total. The highest BCUT2D eigenvalue weighted by Gasteiger charge is 2.31. The molecular weight excluding hydrogens is 230 g/mol. The van der Waals surface area contributed by atoms with Gasteiger partial charge in [0.25, 0.3) is 0 Å². The highest BCUT2D eigenvalue weighted by atomic mass is 16.5. The standard InChI is InChI=1S/C14H29NO3/c1-13(2,3)18-10-12(17)9-15-14(11-16)7-5-4-6-8-14/h12,15-17H,4-11H2,1-3H3. The first-order valence-electron chi connectivity index (χ1n) is 7.05. The van der Waals surface area contributed by atoms with Gasteiger partial charge in [0.2, 0.25) is 0 Å².